The first-order valence-corrected chi connectivity index (χ1v) is 3.66. The van der Waals surface area contributed by atoms with Crippen LogP contribution in [0.4, 0.5) is 8.78 Å². The van der Waals surface area contributed by atoms with Crippen LogP contribution in [0.25, 0.3) is 0 Å². The Labute approximate surface area is 68.3 Å². The van der Waals surface area contributed by atoms with Crippen LogP contribution in [0, 0.1) is 5.41 Å². The van der Waals surface area contributed by atoms with Crippen LogP contribution in [0.1, 0.15) is 12.8 Å². The number of halogens is 2. The van der Waals surface area contributed by atoms with Gasteiger partial charge in [-0.1, -0.05) is 0 Å². The fourth-order valence-corrected chi connectivity index (χ4v) is 1.32. The highest BCUT2D eigenvalue weighted by Gasteiger charge is 2.44. The van der Waals surface area contributed by atoms with Gasteiger partial charge < -0.3 is 9.84 Å². The van der Waals surface area contributed by atoms with E-state index in [0.29, 0.717) is 0 Å². The van der Waals surface area contributed by atoms with Gasteiger partial charge in [0.1, 0.15) is 0 Å². The molecule has 1 aliphatic heterocycles. The quantitative estimate of drug-likeness (QED) is 0.708. The zero-order chi connectivity index (χ0) is 9.19. The van der Waals surface area contributed by atoms with Gasteiger partial charge >= 0.3 is 5.97 Å². The third kappa shape index (κ3) is 1.72. The Bertz CT molecular complexity index is 175. The standard InChI is InChI=1S/C7H10F2O3/c8-5(9)3-7(6(10)11)1-2-12-4-7/h5H,1-4H2,(H,10,11). The highest BCUT2D eigenvalue weighted by molar-refractivity contribution is 5.75. The molecule has 1 N–H and O–H groups in total. The van der Waals surface area contributed by atoms with E-state index in [0.717, 1.165) is 0 Å². The minimum atomic E-state index is -2.58. The average molecular weight is 180 g/mol. The zero-order valence-electron chi connectivity index (χ0n) is 6.43. The molecule has 0 aromatic heterocycles. The van der Waals surface area contributed by atoms with Gasteiger partial charge in [0.05, 0.1) is 12.0 Å². The number of ether oxygens (including phenoxy) is 1. The van der Waals surface area contributed by atoms with E-state index in [1.807, 2.05) is 0 Å². The van der Waals surface area contributed by atoms with E-state index >= 15 is 0 Å². The molecule has 0 saturated carbocycles. The largest absolute Gasteiger partial charge is 0.481 e. The lowest BCUT2D eigenvalue weighted by molar-refractivity contribution is -0.151. The van der Waals surface area contributed by atoms with Gasteiger partial charge in [-0.25, -0.2) is 8.78 Å². The molecule has 1 unspecified atom stereocenters. The maximum atomic E-state index is 12.0. The number of carbonyl (C=O) groups is 1. The number of rotatable bonds is 3. The molecule has 0 aliphatic carbocycles. The molecule has 1 fully saturated rings. The van der Waals surface area contributed by atoms with Gasteiger partial charge in [-0.3, -0.25) is 4.79 Å². The summed E-state index contributed by atoms with van der Waals surface area (Å²) >= 11 is 0. The third-order valence-corrected chi connectivity index (χ3v) is 2.10. The normalized spacial score (nSPS) is 29.6. The van der Waals surface area contributed by atoms with Crippen molar-refractivity contribution in [3.05, 3.63) is 0 Å². The maximum absolute atomic E-state index is 12.0. The van der Waals surface area contributed by atoms with Crippen molar-refractivity contribution in [2.45, 2.75) is 19.3 Å². The van der Waals surface area contributed by atoms with E-state index < -0.39 is 24.2 Å². The molecule has 1 heterocycles. The van der Waals surface area contributed by atoms with Gasteiger partial charge in [-0.2, -0.15) is 0 Å². The molecule has 5 heteroatoms. The van der Waals surface area contributed by atoms with Crippen molar-refractivity contribution in [1.29, 1.82) is 0 Å². The lowest BCUT2D eigenvalue weighted by Gasteiger charge is -2.20. The van der Waals surface area contributed by atoms with Gasteiger partial charge in [-0.05, 0) is 6.42 Å². The Balaban J connectivity index is 2.65. The van der Waals surface area contributed by atoms with Crippen LogP contribution in [0.2, 0.25) is 0 Å². The van der Waals surface area contributed by atoms with Crippen molar-refractivity contribution in [2.75, 3.05) is 13.2 Å². The molecule has 1 rings (SSSR count). The van der Waals surface area contributed by atoms with E-state index in [1.165, 1.54) is 0 Å². The molecule has 3 nitrogen and oxygen atoms in total. The first kappa shape index (κ1) is 9.38. The summed E-state index contributed by atoms with van der Waals surface area (Å²) in [4.78, 5) is 10.6. The van der Waals surface area contributed by atoms with Crippen LogP contribution >= 0.6 is 0 Å². The fraction of sp³-hybridized carbons (Fsp3) is 0.857. The Morgan fingerprint density at radius 3 is 2.67 bits per heavy atom. The number of hydrogen-bond donors (Lipinski definition) is 1. The molecular weight excluding hydrogens is 170 g/mol. The second-order valence-corrected chi connectivity index (χ2v) is 2.98. The summed E-state index contributed by atoms with van der Waals surface area (Å²) in [7, 11) is 0. The van der Waals surface area contributed by atoms with Crippen LogP contribution in [-0.4, -0.2) is 30.7 Å². The first-order valence-electron chi connectivity index (χ1n) is 3.66. The van der Waals surface area contributed by atoms with Gasteiger partial charge in [0.2, 0.25) is 6.43 Å². The minimum absolute atomic E-state index is 0.0906. The zero-order valence-corrected chi connectivity index (χ0v) is 6.43. The third-order valence-electron chi connectivity index (χ3n) is 2.10. The molecule has 12 heavy (non-hydrogen) atoms. The Hall–Kier alpha value is -0.710. The van der Waals surface area contributed by atoms with Gasteiger partial charge in [0.25, 0.3) is 0 Å². The van der Waals surface area contributed by atoms with Crippen LogP contribution in [-0.2, 0) is 9.53 Å². The molecule has 1 aliphatic rings. The number of aliphatic carboxylic acids is 1. The fourth-order valence-electron chi connectivity index (χ4n) is 1.32. The lowest BCUT2D eigenvalue weighted by atomic mass is 9.84. The van der Waals surface area contributed by atoms with Crippen LogP contribution < -0.4 is 0 Å². The topological polar surface area (TPSA) is 46.5 Å². The lowest BCUT2D eigenvalue weighted by Crippen LogP contribution is -2.33. The summed E-state index contributed by atoms with van der Waals surface area (Å²) in [5, 5.41) is 8.70. The Kier molecular flexibility index (Phi) is 2.62. The van der Waals surface area contributed by atoms with E-state index in [2.05, 4.69) is 0 Å². The van der Waals surface area contributed by atoms with Crippen LogP contribution in [0.3, 0.4) is 0 Å². The predicted molar refractivity (Wildman–Crippen MR) is 36.1 cm³/mol. The highest BCUT2D eigenvalue weighted by atomic mass is 19.3. The van der Waals surface area contributed by atoms with Crippen LogP contribution in [0.5, 0.6) is 0 Å². The molecule has 0 aromatic rings. The molecule has 1 saturated heterocycles. The highest BCUT2D eigenvalue weighted by Crippen LogP contribution is 2.34. The van der Waals surface area contributed by atoms with Crippen molar-refractivity contribution in [1.82, 2.24) is 0 Å². The Morgan fingerprint density at radius 2 is 2.33 bits per heavy atom. The summed E-state index contributed by atoms with van der Waals surface area (Å²) < 4.78 is 28.8. The predicted octanol–water partition coefficient (Wildman–Crippen LogP) is 1.13. The summed E-state index contributed by atoms with van der Waals surface area (Å²) in [5.74, 6) is -1.18. The SMILES string of the molecule is O=C(O)C1(CC(F)F)CCOC1. The Morgan fingerprint density at radius 1 is 1.67 bits per heavy atom. The van der Waals surface area contributed by atoms with Gasteiger partial charge in [-0.15, -0.1) is 0 Å². The molecule has 0 amide bonds. The molecule has 0 radical (unpaired) electrons. The van der Waals surface area contributed by atoms with Crippen molar-refractivity contribution >= 4 is 5.97 Å². The van der Waals surface area contributed by atoms with E-state index in [9.17, 15) is 13.6 Å². The maximum Gasteiger partial charge on any atom is 0.312 e. The van der Waals surface area contributed by atoms with Gasteiger partial charge in [0, 0.05) is 13.0 Å². The van der Waals surface area contributed by atoms with Crippen molar-refractivity contribution in [3.8, 4) is 0 Å². The minimum Gasteiger partial charge on any atom is -0.481 e. The summed E-state index contributed by atoms with van der Waals surface area (Å²) in [5.41, 5.74) is -1.34. The van der Waals surface area contributed by atoms with Crippen molar-refractivity contribution < 1.29 is 23.4 Å². The van der Waals surface area contributed by atoms with Crippen molar-refractivity contribution in [3.63, 3.8) is 0 Å². The first-order chi connectivity index (χ1) is 5.57. The van der Waals surface area contributed by atoms with Gasteiger partial charge in [0.15, 0.2) is 0 Å². The monoisotopic (exact) mass is 180 g/mol. The molecule has 0 bridgehead atoms. The van der Waals surface area contributed by atoms with Crippen molar-refractivity contribution in [2.24, 2.45) is 5.41 Å². The molecule has 0 aromatic carbocycles. The molecular formula is C7H10F2O3. The smallest absolute Gasteiger partial charge is 0.312 e. The number of hydrogen-bond acceptors (Lipinski definition) is 2. The van der Waals surface area contributed by atoms with Crippen LogP contribution in [0.15, 0.2) is 0 Å². The number of carboxylic acids is 1. The molecule has 70 valence electrons. The summed E-state index contributed by atoms with van der Waals surface area (Å²) in [6.45, 7) is 0.172. The van der Waals surface area contributed by atoms with E-state index in [1.54, 1.807) is 0 Å². The number of alkyl halides is 2. The van der Waals surface area contributed by atoms with E-state index in [-0.39, 0.29) is 19.6 Å². The summed E-state index contributed by atoms with van der Waals surface area (Å²) in [6, 6.07) is 0. The number of carboxylic acid groups (broad SMARTS) is 1. The molecule has 1 atom stereocenters. The average Bonchev–Trinajstić information content (AvgIpc) is 2.35. The second-order valence-electron chi connectivity index (χ2n) is 2.98. The van der Waals surface area contributed by atoms with E-state index in [4.69, 9.17) is 9.84 Å². The molecule has 0 spiro atoms. The summed E-state index contributed by atoms with van der Waals surface area (Å²) in [6.07, 6.45) is -3.00. The second kappa shape index (κ2) is 3.35.